The minimum absolute atomic E-state index is 0.358. The monoisotopic (exact) mass is 274 g/mol. The zero-order valence-electron chi connectivity index (χ0n) is 11.6. The molecule has 1 heterocycles. The summed E-state index contributed by atoms with van der Waals surface area (Å²) in [4.78, 5) is 0.358. The molecule has 0 amide bonds. The Labute approximate surface area is 118 Å². The Balaban J connectivity index is 2.43. The first-order valence-electron chi connectivity index (χ1n) is 6.08. The average Bonchev–Trinajstić information content (AvgIpc) is 2.59. The van der Waals surface area contributed by atoms with Crippen molar-refractivity contribution in [2.24, 2.45) is 12.8 Å². The highest BCUT2D eigenvalue weighted by atomic mass is 32.1. The van der Waals surface area contributed by atoms with Crippen LogP contribution in [-0.4, -0.2) is 14.8 Å². The molecule has 0 atom stereocenters. The number of benzene rings is 1. The fourth-order valence-electron chi connectivity index (χ4n) is 2.05. The van der Waals surface area contributed by atoms with E-state index in [2.05, 4.69) is 36.4 Å². The average molecular weight is 274 g/mol. The molecule has 0 unspecified atom stereocenters. The summed E-state index contributed by atoms with van der Waals surface area (Å²) in [6.45, 7) is 6.08. The molecule has 2 rings (SSSR count). The minimum Gasteiger partial charge on any atom is -0.389 e. The topological polar surface area (TPSA) is 55.9 Å². The van der Waals surface area contributed by atoms with Gasteiger partial charge in [-0.15, -0.1) is 0 Å². The molecule has 100 valence electrons. The SMILES string of the molecule is Cc1ccc(Nc2c(C(N)=S)c(C)nn2C)cc1C. The van der Waals surface area contributed by atoms with Crippen LogP contribution in [0.4, 0.5) is 11.5 Å². The summed E-state index contributed by atoms with van der Waals surface area (Å²) < 4.78 is 1.76. The third-order valence-electron chi connectivity index (χ3n) is 3.24. The molecule has 4 nitrogen and oxygen atoms in total. The van der Waals surface area contributed by atoms with E-state index < -0.39 is 0 Å². The second kappa shape index (κ2) is 5.01. The maximum atomic E-state index is 5.77. The van der Waals surface area contributed by atoms with E-state index >= 15 is 0 Å². The Morgan fingerprint density at radius 1 is 1.26 bits per heavy atom. The van der Waals surface area contributed by atoms with Crippen LogP contribution in [-0.2, 0) is 7.05 Å². The largest absolute Gasteiger partial charge is 0.389 e. The van der Waals surface area contributed by atoms with Crippen molar-refractivity contribution in [1.29, 1.82) is 0 Å². The number of aryl methyl sites for hydroxylation is 4. The van der Waals surface area contributed by atoms with Crippen molar-refractivity contribution in [3.63, 3.8) is 0 Å². The molecule has 0 saturated heterocycles. The lowest BCUT2D eigenvalue weighted by Gasteiger charge is -2.11. The Hall–Kier alpha value is -1.88. The molecule has 1 aromatic heterocycles. The Morgan fingerprint density at radius 2 is 1.95 bits per heavy atom. The van der Waals surface area contributed by atoms with E-state index in [1.807, 2.05) is 20.0 Å². The van der Waals surface area contributed by atoms with Crippen LogP contribution in [0.25, 0.3) is 0 Å². The predicted octanol–water partition coefficient (Wildman–Crippen LogP) is 2.72. The van der Waals surface area contributed by atoms with Crippen molar-refractivity contribution in [2.45, 2.75) is 20.8 Å². The van der Waals surface area contributed by atoms with E-state index in [1.54, 1.807) is 4.68 Å². The number of aromatic nitrogens is 2. The number of nitrogens with one attached hydrogen (secondary N) is 1. The molecule has 1 aromatic carbocycles. The molecule has 2 aromatic rings. The quantitative estimate of drug-likeness (QED) is 0.845. The standard InChI is InChI=1S/C14H18N4S/c1-8-5-6-11(7-9(8)2)16-14-12(13(15)19)10(3)17-18(14)4/h5-7,16H,1-4H3,(H2,15,19). The van der Waals surface area contributed by atoms with Crippen molar-refractivity contribution in [2.75, 3.05) is 5.32 Å². The van der Waals surface area contributed by atoms with Gasteiger partial charge < -0.3 is 11.1 Å². The van der Waals surface area contributed by atoms with E-state index in [9.17, 15) is 0 Å². The van der Waals surface area contributed by atoms with Gasteiger partial charge in [0, 0.05) is 12.7 Å². The summed E-state index contributed by atoms with van der Waals surface area (Å²) in [5.74, 6) is 0.827. The number of anilines is 2. The molecule has 0 fully saturated rings. The summed E-state index contributed by atoms with van der Waals surface area (Å²) in [5, 5.41) is 7.70. The van der Waals surface area contributed by atoms with Crippen molar-refractivity contribution < 1.29 is 0 Å². The maximum absolute atomic E-state index is 5.77. The molecule has 0 aliphatic heterocycles. The van der Waals surface area contributed by atoms with E-state index in [0.717, 1.165) is 22.8 Å². The molecule has 0 radical (unpaired) electrons. The van der Waals surface area contributed by atoms with Crippen LogP contribution in [0, 0.1) is 20.8 Å². The van der Waals surface area contributed by atoms with Gasteiger partial charge in [-0.05, 0) is 44.0 Å². The van der Waals surface area contributed by atoms with Gasteiger partial charge in [-0.25, -0.2) is 0 Å². The highest BCUT2D eigenvalue weighted by Gasteiger charge is 2.15. The molecule has 0 aliphatic carbocycles. The van der Waals surface area contributed by atoms with Gasteiger partial charge in [-0.2, -0.15) is 5.10 Å². The van der Waals surface area contributed by atoms with Gasteiger partial charge in [-0.3, -0.25) is 4.68 Å². The van der Waals surface area contributed by atoms with Crippen LogP contribution in [0.1, 0.15) is 22.4 Å². The molecule has 0 saturated carbocycles. The predicted molar refractivity (Wildman–Crippen MR) is 83.0 cm³/mol. The number of nitrogens with zero attached hydrogens (tertiary/aromatic N) is 2. The van der Waals surface area contributed by atoms with Gasteiger partial charge >= 0.3 is 0 Å². The number of hydrogen-bond donors (Lipinski definition) is 2. The van der Waals surface area contributed by atoms with Crippen LogP contribution >= 0.6 is 12.2 Å². The molecule has 0 bridgehead atoms. The molecule has 0 spiro atoms. The van der Waals surface area contributed by atoms with Crippen LogP contribution in [0.5, 0.6) is 0 Å². The van der Waals surface area contributed by atoms with Crippen LogP contribution in [0.15, 0.2) is 18.2 Å². The first kappa shape index (κ1) is 13.5. The molecule has 0 aliphatic rings. The molecular weight excluding hydrogens is 256 g/mol. The summed E-state index contributed by atoms with van der Waals surface area (Å²) in [7, 11) is 1.87. The van der Waals surface area contributed by atoms with E-state index in [-0.39, 0.29) is 0 Å². The summed E-state index contributed by atoms with van der Waals surface area (Å²) >= 11 is 5.10. The summed E-state index contributed by atoms with van der Waals surface area (Å²) in [6.07, 6.45) is 0. The molecule has 5 heteroatoms. The third-order valence-corrected chi connectivity index (χ3v) is 3.44. The van der Waals surface area contributed by atoms with Crippen molar-refractivity contribution in [3.8, 4) is 0 Å². The molecule has 3 N–H and O–H groups in total. The fraction of sp³-hybridized carbons (Fsp3) is 0.286. The number of hydrogen-bond acceptors (Lipinski definition) is 3. The number of thiocarbonyl (C=S) groups is 1. The number of nitrogens with two attached hydrogens (primary N) is 1. The van der Waals surface area contributed by atoms with Gasteiger partial charge in [0.05, 0.1) is 11.3 Å². The van der Waals surface area contributed by atoms with E-state index in [1.165, 1.54) is 11.1 Å². The normalized spacial score (nSPS) is 10.5. The first-order chi connectivity index (χ1) is 8.90. The lowest BCUT2D eigenvalue weighted by molar-refractivity contribution is 0.765. The minimum atomic E-state index is 0.358. The lowest BCUT2D eigenvalue weighted by Crippen LogP contribution is -2.13. The van der Waals surface area contributed by atoms with Gasteiger partial charge in [0.15, 0.2) is 0 Å². The van der Waals surface area contributed by atoms with Gasteiger partial charge in [-0.1, -0.05) is 18.3 Å². The molecular formula is C14H18N4S. The van der Waals surface area contributed by atoms with Crippen molar-refractivity contribution in [3.05, 3.63) is 40.6 Å². The second-order valence-corrected chi connectivity index (χ2v) is 5.16. The zero-order chi connectivity index (χ0) is 14.2. The number of rotatable bonds is 3. The van der Waals surface area contributed by atoms with Crippen molar-refractivity contribution in [1.82, 2.24) is 9.78 Å². The second-order valence-electron chi connectivity index (χ2n) is 4.72. The lowest BCUT2D eigenvalue weighted by atomic mass is 10.1. The highest BCUT2D eigenvalue weighted by molar-refractivity contribution is 7.80. The zero-order valence-corrected chi connectivity index (χ0v) is 12.4. The summed E-state index contributed by atoms with van der Waals surface area (Å²) in [5.41, 5.74) is 10.9. The molecule has 19 heavy (non-hydrogen) atoms. The van der Waals surface area contributed by atoms with Gasteiger partial charge in [0.25, 0.3) is 0 Å². The fourth-order valence-corrected chi connectivity index (χ4v) is 2.30. The van der Waals surface area contributed by atoms with Crippen molar-refractivity contribution >= 4 is 28.7 Å². The smallest absolute Gasteiger partial charge is 0.138 e. The van der Waals surface area contributed by atoms with Gasteiger partial charge in [0.2, 0.25) is 0 Å². The Morgan fingerprint density at radius 3 is 2.53 bits per heavy atom. The highest BCUT2D eigenvalue weighted by Crippen LogP contribution is 2.24. The van der Waals surface area contributed by atoms with Crippen LogP contribution < -0.4 is 11.1 Å². The summed E-state index contributed by atoms with van der Waals surface area (Å²) in [6, 6.07) is 6.22. The van der Waals surface area contributed by atoms with Crippen LogP contribution in [0.3, 0.4) is 0 Å². The Bertz CT molecular complexity index is 643. The van der Waals surface area contributed by atoms with Crippen LogP contribution in [0.2, 0.25) is 0 Å². The Kier molecular flexibility index (Phi) is 3.57. The first-order valence-corrected chi connectivity index (χ1v) is 6.48. The third kappa shape index (κ3) is 2.61. The maximum Gasteiger partial charge on any atom is 0.138 e. The van der Waals surface area contributed by atoms with Gasteiger partial charge in [0.1, 0.15) is 10.8 Å². The van der Waals surface area contributed by atoms with E-state index in [4.69, 9.17) is 18.0 Å². The van der Waals surface area contributed by atoms with E-state index in [0.29, 0.717) is 4.99 Å².